The van der Waals surface area contributed by atoms with Crippen molar-refractivity contribution in [2.75, 3.05) is 0 Å². The molecule has 0 saturated heterocycles. The lowest BCUT2D eigenvalue weighted by Crippen LogP contribution is -1.99. The highest BCUT2D eigenvalue weighted by atomic mass is 35.5. The van der Waals surface area contributed by atoms with Gasteiger partial charge in [0.1, 0.15) is 12.4 Å². The molecule has 0 radical (unpaired) electrons. The van der Waals surface area contributed by atoms with Gasteiger partial charge in [-0.1, -0.05) is 23.2 Å². The first-order chi connectivity index (χ1) is 10.0. The first-order valence-electron chi connectivity index (χ1n) is 5.91. The summed E-state index contributed by atoms with van der Waals surface area (Å²) >= 11 is 17.7. The molecule has 110 valence electrons. The van der Waals surface area contributed by atoms with Crippen LogP contribution in [0.3, 0.4) is 0 Å². The molecule has 0 unspecified atom stereocenters. The number of ether oxygens (including phenoxy) is 1. The van der Waals surface area contributed by atoms with Crippen molar-refractivity contribution in [3.8, 4) is 5.75 Å². The van der Waals surface area contributed by atoms with Gasteiger partial charge in [-0.15, -0.1) is 11.6 Å². The summed E-state index contributed by atoms with van der Waals surface area (Å²) in [6.07, 6.45) is 0. The smallest absolute Gasteiger partial charge is 0.270 e. The molecule has 21 heavy (non-hydrogen) atoms. The zero-order valence-electron chi connectivity index (χ0n) is 10.7. The number of halogens is 3. The van der Waals surface area contributed by atoms with E-state index in [1.807, 2.05) is 0 Å². The SMILES string of the molecule is O=[N+]([O-])c1ccc(OCc2cc(Cl)ccc2Cl)c(CCl)c1. The van der Waals surface area contributed by atoms with E-state index in [2.05, 4.69) is 0 Å². The fourth-order valence-corrected chi connectivity index (χ4v) is 2.31. The van der Waals surface area contributed by atoms with Crippen LogP contribution in [0.2, 0.25) is 10.0 Å². The Balaban J connectivity index is 2.19. The average molecular weight is 347 g/mol. The number of non-ortho nitro benzene ring substituents is 1. The summed E-state index contributed by atoms with van der Waals surface area (Å²) in [5, 5.41) is 11.8. The zero-order valence-corrected chi connectivity index (χ0v) is 13.0. The monoisotopic (exact) mass is 345 g/mol. The van der Waals surface area contributed by atoms with E-state index in [0.717, 1.165) is 5.56 Å². The van der Waals surface area contributed by atoms with Gasteiger partial charge in [0.15, 0.2) is 0 Å². The highest BCUT2D eigenvalue weighted by Gasteiger charge is 2.12. The second-order valence-electron chi connectivity index (χ2n) is 4.21. The summed E-state index contributed by atoms with van der Waals surface area (Å²) in [7, 11) is 0. The third kappa shape index (κ3) is 4.00. The third-order valence-electron chi connectivity index (χ3n) is 2.79. The fourth-order valence-electron chi connectivity index (χ4n) is 1.73. The average Bonchev–Trinajstić information content (AvgIpc) is 2.47. The second-order valence-corrected chi connectivity index (χ2v) is 5.32. The minimum Gasteiger partial charge on any atom is -0.489 e. The Morgan fingerprint density at radius 1 is 1.10 bits per heavy atom. The Labute approximate surface area is 136 Å². The van der Waals surface area contributed by atoms with Gasteiger partial charge in [-0.2, -0.15) is 0 Å². The molecule has 0 atom stereocenters. The number of nitro benzene ring substituents is 1. The normalized spacial score (nSPS) is 10.4. The minimum atomic E-state index is -0.479. The Bertz CT molecular complexity index is 677. The van der Waals surface area contributed by atoms with Crippen LogP contribution in [0, 0.1) is 10.1 Å². The number of benzene rings is 2. The van der Waals surface area contributed by atoms with Gasteiger partial charge in [0.05, 0.1) is 10.8 Å². The lowest BCUT2D eigenvalue weighted by atomic mass is 10.2. The van der Waals surface area contributed by atoms with Gasteiger partial charge in [-0.3, -0.25) is 10.1 Å². The minimum absolute atomic E-state index is 0.0289. The van der Waals surface area contributed by atoms with Crippen molar-refractivity contribution < 1.29 is 9.66 Å². The van der Waals surface area contributed by atoms with Crippen LogP contribution in [0.15, 0.2) is 36.4 Å². The van der Waals surface area contributed by atoms with Crippen molar-refractivity contribution in [3.63, 3.8) is 0 Å². The predicted octanol–water partition coefficient (Wildman–Crippen LogP) is 5.22. The summed E-state index contributed by atoms with van der Waals surface area (Å²) in [5.41, 5.74) is 1.24. The molecule has 0 aliphatic carbocycles. The highest BCUT2D eigenvalue weighted by molar-refractivity contribution is 6.33. The zero-order chi connectivity index (χ0) is 15.4. The van der Waals surface area contributed by atoms with Gasteiger partial charge in [-0.25, -0.2) is 0 Å². The van der Waals surface area contributed by atoms with Crippen molar-refractivity contribution in [2.24, 2.45) is 0 Å². The number of alkyl halides is 1. The molecule has 0 fully saturated rings. The molecule has 0 bridgehead atoms. The molecule has 0 amide bonds. The molecule has 2 aromatic carbocycles. The maximum absolute atomic E-state index is 10.7. The first-order valence-corrected chi connectivity index (χ1v) is 7.20. The van der Waals surface area contributed by atoms with Crippen LogP contribution < -0.4 is 4.74 Å². The molecule has 7 heteroatoms. The highest BCUT2D eigenvalue weighted by Crippen LogP contribution is 2.28. The number of nitro groups is 1. The molecular formula is C14H10Cl3NO3. The molecule has 0 spiro atoms. The van der Waals surface area contributed by atoms with E-state index >= 15 is 0 Å². The molecule has 0 aliphatic heterocycles. The summed E-state index contributed by atoms with van der Waals surface area (Å²) in [6, 6.07) is 9.35. The third-order valence-corrected chi connectivity index (χ3v) is 3.68. The maximum atomic E-state index is 10.7. The summed E-state index contributed by atoms with van der Waals surface area (Å²) in [5.74, 6) is 0.590. The Hall–Kier alpha value is -1.49. The van der Waals surface area contributed by atoms with Crippen LogP contribution in [0.25, 0.3) is 0 Å². The van der Waals surface area contributed by atoms with Crippen LogP contribution in [0.5, 0.6) is 5.75 Å². The Morgan fingerprint density at radius 2 is 1.86 bits per heavy atom. The molecule has 0 saturated carbocycles. The second kappa shape index (κ2) is 6.98. The van der Waals surface area contributed by atoms with Gasteiger partial charge >= 0.3 is 0 Å². The van der Waals surface area contributed by atoms with E-state index < -0.39 is 4.92 Å². The molecule has 2 rings (SSSR count). The standard InChI is InChI=1S/C14H10Cl3NO3/c15-7-9-6-12(18(19)20)2-4-14(9)21-8-10-5-11(16)1-3-13(10)17/h1-6H,7-8H2. The molecule has 0 aliphatic rings. The topological polar surface area (TPSA) is 52.4 Å². The fraction of sp³-hybridized carbons (Fsp3) is 0.143. The lowest BCUT2D eigenvalue weighted by Gasteiger charge is -2.11. The van der Waals surface area contributed by atoms with E-state index in [9.17, 15) is 10.1 Å². The summed E-state index contributed by atoms with van der Waals surface area (Å²) in [4.78, 5) is 10.3. The first kappa shape index (κ1) is 15.9. The van der Waals surface area contributed by atoms with Crippen molar-refractivity contribution in [3.05, 3.63) is 67.7 Å². The molecule has 2 aromatic rings. The number of nitrogens with zero attached hydrogens (tertiary/aromatic N) is 1. The summed E-state index contributed by atoms with van der Waals surface area (Å²) < 4.78 is 5.63. The van der Waals surface area contributed by atoms with E-state index in [1.54, 1.807) is 18.2 Å². The molecular weight excluding hydrogens is 337 g/mol. The maximum Gasteiger partial charge on any atom is 0.270 e. The van der Waals surface area contributed by atoms with E-state index in [4.69, 9.17) is 39.5 Å². The number of rotatable bonds is 5. The molecule has 0 aromatic heterocycles. The molecule has 0 N–H and O–H groups in total. The van der Waals surface area contributed by atoms with Crippen LogP contribution in [0.1, 0.15) is 11.1 Å². The van der Waals surface area contributed by atoms with Crippen LogP contribution in [-0.4, -0.2) is 4.92 Å². The van der Waals surface area contributed by atoms with E-state index in [-0.39, 0.29) is 18.2 Å². The largest absolute Gasteiger partial charge is 0.489 e. The lowest BCUT2D eigenvalue weighted by molar-refractivity contribution is -0.384. The van der Waals surface area contributed by atoms with Crippen molar-refractivity contribution in [1.82, 2.24) is 0 Å². The predicted molar refractivity (Wildman–Crippen MR) is 83.4 cm³/mol. The van der Waals surface area contributed by atoms with Gasteiger partial charge in [-0.05, 0) is 24.3 Å². The molecule has 4 nitrogen and oxygen atoms in total. The van der Waals surface area contributed by atoms with Crippen LogP contribution in [0.4, 0.5) is 5.69 Å². The molecule has 0 heterocycles. The van der Waals surface area contributed by atoms with E-state index in [1.165, 1.54) is 18.2 Å². The van der Waals surface area contributed by atoms with Gasteiger partial charge in [0.2, 0.25) is 0 Å². The number of hydrogen-bond donors (Lipinski definition) is 0. The number of hydrogen-bond acceptors (Lipinski definition) is 3. The van der Waals surface area contributed by atoms with Crippen molar-refractivity contribution in [1.29, 1.82) is 0 Å². The van der Waals surface area contributed by atoms with Crippen LogP contribution >= 0.6 is 34.8 Å². The Kier molecular flexibility index (Phi) is 5.28. The summed E-state index contributed by atoms with van der Waals surface area (Å²) in [6.45, 7) is 0.196. The quantitative estimate of drug-likeness (QED) is 0.424. The van der Waals surface area contributed by atoms with E-state index in [0.29, 0.717) is 21.4 Å². The van der Waals surface area contributed by atoms with Crippen LogP contribution in [-0.2, 0) is 12.5 Å². The van der Waals surface area contributed by atoms with Crippen molar-refractivity contribution >= 4 is 40.5 Å². The van der Waals surface area contributed by atoms with Gasteiger partial charge in [0, 0.05) is 33.3 Å². The Morgan fingerprint density at radius 3 is 2.52 bits per heavy atom. The van der Waals surface area contributed by atoms with Crippen molar-refractivity contribution in [2.45, 2.75) is 12.5 Å². The van der Waals surface area contributed by atoms with Gasteiger partial charge in [0.25, 0.3) is 5.69 Å². The van der Waals surface area contributed by atoms with Gasteiger partial charge < -0.3 is 4.74 Å².